The lowest BCUT2D eigenvalue weighted by Crippen LogP contribution is -2.19. The Morgan fingerprint density at radius 3 is 2.65 bits per heavy atom. The maximum absolute atomic E-state index is 12.9. The van der Waals surface area contributed by atoms with E-state index in [2.05, 4.69) is 15.3 Å². The summed E-state index contributed by atoms with van der Waals surface area (Å²) in [5.41, 5.74) is 0.447. The predicted molar refractivity (Wildman–Crippen MR) is 93.8 cm³/mol. The quantitative estimate of drug-likeness (QED) is 0.699. The molecule has 134 valence electrons. The van der Waals surface area contributed by atoms with Gasteiger partial charge >= 0.3 is 6.18 Å². The average Bonchev–Trinajstić information content (AvgIpc) is 3.13. The van der Waals surface area contributed by atoms with Gasteiger partial charge in [-0.05, 0) is 31.2 Å². The number of amides is 1. The summed E-state index contributed by atoms with van der Waals surface area (Å²) in [5, 5.41) is 4.91. The molecular formula is C18H14F3N3OS. The smallest absolute Gasteiger partial charge is 0.301 e. The number of thiazole rings is 1. The Balaban J connectivity index is 1.85. The molecule has 2 aromatic heterocycles. The summed E-state index contributed by atoms with van der Waals surface area (Å²) < 4.78 is 38.7. The molecule has 3 rings (SSSR count). The van der Waals surface area contributed by atoms with E-state index in [1.807, 2.05) is 0 Å². The van der Waals surface area contributed by atoms with Crippen LogP contribution >= 0.6 is 11.3 Å². The van der Waals surface area contributed by atoms with Crippen LogP contribution in [0.15, 0.2) is 54.0 Å². The monoisotopic (exact) mass is 377 g/mol. The Hall–Kier alpha value is -2.74. The van der Waals surface area contributed by atoms with Crippen molar-refractivity contribution >= 4 is 22.4 Å². The average molecular weight is 377 g/mol. The van der Waals surface area contributed by atoms with Crippen molar-refractivity contribution in [2.45, 2.75) is 19.0 Å². The van der Waals surface area contributed by atoms with E-state index in [4.69, 9.17) is 0 Å². The number of rotatable bonds is 4. The molecule has 0 aliphatic carbocycles. The Labute approximate surface area is 151 Å². The first-order valence-corrected chi connectivity index (χ1v) is 8.57. The number of carbonyl (C=O) groups excluding carboxylic acids is 1. The summed E-state index contributed by atoms with van der Waals surface area (Å²) in [4.78, 5) is 20.7. The molecule has 2 heterocycles. The van der Waals surface area contributed by atoms with Crippen LogP contribution < -0.4 is 5.32 Å². The Kier molecular flexibility index (Phi) is 5.03. The molecule has 8 heteroatoms. The van der Waals surface area contributed by atoms with Crippen molar-refractivity contribution in [3.63, 3.8) is 0 Å². The first kappa shape index (κ1) is 18.1. The summed E-state index contributed by atoms with van der Waals surface area (Å²) in [6.07, 6.45) is -2.84. The molecule has 1 amide bonds. The molecule has 4 nitrogen and oxygen atoms in total. The minimum atomic E-state index is -4.42. The fourth-order valence-corrected chi connectivity index (χ4v) is 2.87. The molecule has 1 aromatic carbocycles. The molecule has 1 unspecified atom stereocenters. The van der Waals surface area contributed by atoms with Crippen LogP contribution in [0.5, 0.6) is 0 Å². The molecule has 0 radical (unpaired) electrons. The summed E-state index contributed by atoms with van der Waals surface area (Å²) in [6.45, 7) is 1.68. The summed E-state index contributed by atoms with van der Waals surface area (Å²) in [5.74, 6) is -0.863. The first-order valence-electron chi connectivity index (χ1n) is 7.69. The lowest BCUT2D eigenvalue weighted by atomic mass is 10.0. The molecule has 0 saturated heterocycles. The molecule has 1 atom stereocenters. The van der Waals surface area contributed by atoms with E-state index in [9.17, 15) is 18.0 Å². The Morgan fingerprint density at radius 1 is 1.19 bits per heavy atom. The molecule has 3 aromatic rings. The van der Waals surface area contributed by atoms with E-state index in [0.29, 0.717) is 22.1 Å². The maximum atomic E-state index is 12.9. The van der Waals surface area contributed by atoms with Gasteiger partial charge in [-0.15, -0.1) is 11.3 Å². The molecule has 0 aliphatic heterocycles. The molecule has 0 bridgehead atoms. The highest BCUT2D eigenvalue weighted by atomic mass is 32.1. The van der Waals surface area contributed by atoms with Gasteiger partial charge in [0.05, 0.1) is 22.9 Å². The van der Waals surface area contributed by atoms with E-state index < -0.39 is 17.7 Å². The van der Waals surface area contributed by atoms with E-state index in [1.54, 1.807) is 42.8 Å². The summed E-state index contributed by atoms with van der Waals surface area (Å²) in [7, 11) is 0. The molecular weight excluding hydrogens is 363 g/mol. The van der Waals surface area contributed by atoms with E-state index in [0.717, 1.165) is 12.1 Å². The fraction of sp³-hybridized carbons (Fsp3) is 0.167. The van der Waals surface area contributed by atoms with E-state index in [1.165, 1.54) is 17.4 Å². The fourth-order valence-electron chi connectivity index (χ4n) is 2.34. The van der Waals surface area contributed by atoms with Gasteiger partial charge in [0, 0.05) is 17.1 Å². The number of halogens is 3. The minimum Gasteiger partial charge on any atom is -0.301 e. The van der Waals surface area contributed by atoms with Crippen molar-refractivity contribution in [1.29, 1.82) is 0 Å². The van der Waals surface area contributed by atoms with E-state index in [-0.39, 0.29) is 5.91 Å². The third-order valence-electron chi connectivity index (χ3n) is 3.76. The molecule has 0 fully saturated rings. The maximum Gasteiger partial charge on any atom is 0.416 e. The number of nitrogens with one attached hydrogen (secondary N) is 1. The van der Waals surface area contributed by atoms with Gasteiger partial charge in [-0.3, -0.25) is 9.78 Å². The Morgan fingerprint density at radius 2 is 1.96 bits per heavy atom. The van der Waals surface area contributed by atoms with Crippen LogP contribution in [0, 0.1) is 0 Å². The van der Waals surface area contributed by atoms with Crippen molar-refractivity contribution < 1.29 is 18.0 Å². The Bertz CT molecular complexity index is 910. The van der Waals surface area contributed by atoms with Crippen LogP contribution in [0.1, 0.15) is 24.1 Å². The third kappa shape index (κ3) is 4.08. The third-order valence-corrected chi connectivity index (χ3v) is 4.44. The highest BCUT2D eigenvalue weighted by Crippen LogP contribution is 2.32. The zero-order chi connectivity index (χ0) is 18.7. The standard InChI is InChI=1S/C18H14F3N3OS/c1-11(16(25)24-17-22-8-9-26-17)14-6-3-7-15(23-14)12-4-2-5-13(10-12)18(19,20)21/h2-11H,1H3,(H,22,24,25). The predicted octanol–water partition coefficient (Wildman–Crippen LogP) is 4.97. The number of carbonyl (C=O) groups is 1. The van der Waals surface area contributed by atoms with Crippen molar-refractivity contribution in [2.75, 3.05) is 5.32 Å². The normalized spacial score (nSPS) is 12.6. The SMILES string of the molecule is CC(C(=O)Nc1nccs1)c1cccc(-c2cccc(C(F)(F)F)c2)n1. The van der Waals surface area contributed by atoms with E-state index >= 15 is 0 Å². The number of anilines is 1. The minimum absolute atomic E-state index is 0.284. The molecule has 0 saturated carbocycles. The number of nitrogens with zero attached hydrogens (tertiary/aromatic N) is 2. The zero-order valence-electron chi connectivity index (χ0n) is 13.6. The van der Waals surface area contributed by atoms with Crippen LogP contribution in [0.25, 0.3) is 11.3 Å². The highest BCUT2D eigenvalue weighted by molar-refractivity contribution is 7.13. The number of benzene rings is 1. The van der Waals surface area contributed by atoms with Crippen molar-refractivity contribution in [3.05, 3.63) is 65.3 Å². The number of aromatic nitrogens is 2. The van der Waals surface area contributed by atoms with Crippen LogP contribution in [-0.2, 0) is 11.0 Å². The second-order valence-corrected chi connectivity index (χ2v) is 6.47. The van der Waals surface area contributed by atoms with Gasteiger partial charge in [0.2, 0.25) is 5.91 Å². The highest BCUT2D eigenvalue weighted by Gasteiger charge is 2.30. The summed E-state index contributed by atoms with van der Waals surface area (Å²) >= 11 is 1.30. The number of hydrogen-bond donors (Lipinski definition) is 1. The van der Waals surface area contributed by atoms with Gasteiger partial charge in [0.25, 0.3) is 0 Å². The van der Waals surface area contributed by atoms with Gasteiger partial charge < -0.3 is 5.32 Å². The lowest BCUT2D eigenvalue weighted by molar-refractivity contribution is -0.137. The van der Waals surface area contributed by atoms with Gasteiger partial charge in [-0.25, -0.2) is 4.98 Å². The van der Waals surface area contributed by atoms with Crippen molar-refractivity contribution in [2.24, 2.45) is 0 Å². The van der Waals surface area contributed by atoms with Crippen molar-refractivity contribution in [3.8, 4) is 11.3 Å². The topological polar surface area (TPSA) is 54.9 Å². The first-order chi connectivity index (χ1) is 12.3. The number of pyridine rings is 1. The summed E-state index contributed by atoms with van der Waals surface area (Å²) in [6, 6.07) is 9.91. The van der Waals surface area contributed by atoms with Crippen LogP contribution in [0.3, 0.4) is 0 Å². The number of alkyl halides is 3. The second-order valence-electron chi connectivity index (χ2n) is 5.57. The molecule has 0 spiro atoms. The second kappa shape index (κ2) is 7.25. The molecule has 26 heavy (non-hydrogen) atoms. The van der Waals surface area contributed by atoms with Gasteiger partial charge in [-0.1, -0.05) is 18.2 Å². The number of hydrogen-bond acceptors (Lipinski definition) is 4. The van der Waals surface area contributed by atoms with Gasteiger partial charge in [0.1, 0.15) is 0 Å². The van der Waals surface area contributed by atoms with Crippen LogP contribution in [-0.4, -0.2) is 15.9 Å². The van der Waals surface area contributed by atoms with Gasteiger partial charge in [-0.2, -0.15) is 13.2 Å². The van der Waals surface area contributed by atoms with Crippen LogP contribution in [0.4, 0.5) is 18.3 Å². The zero-order valence-corrected chi connectivity index (χ0v) is 14.4. The molecule has 0 aliphatic rings. The van der Waals surface area contributed by atoms with Gasteiger partial charge in [0.15, 0.2) is 5.13 Å². The van der Waals surface area contributed by atoms with Crippen LogP contribution in [0.2, 0.25) is 0 Å². The lowest BCUT2D eigenvalue weighted by Gasteiger charge is -2.12. The molecule has 1 N–H and O–H groups in total. The largest absolute Gasteiger partial charge is 0.416 e. The van der Waals surface area contributed by atoms with Crippen molar-refractivity contribution in [1.82, 2.24) is 9.97 Å².